The second kappa shape index (κ2) is 8.78. The van der Waals surface area contributed by atoms with Crippen molar-refractivity contribution in [1.82, 2.24) is 10.3 Å². The maximum atomic E-state index is 12.4. The van der Waals surface area contributed by atoms with Gasteiger partial charge in [-0.15, -0.1) is 11.3 Å². The lowest BCUT2D eigenvalue weighted by molar-refractivity contribution is -0.144. The van der Waals surface area contributed by atoms with Crippen LogP contribution in [0.15, 0.2) is 30.5 Å². The number of ether oxygens (including phenoxy) is 2. The van der Waals surface area contributed by atoms with Crippen LogP contribution in [0.25, 0.3) is 10.9 Å². The Labute approximate surface area is 171 Å². The number of thiophene rings is 1. The maximum absolute atomic E-state index is 12.4. The highest BCUT2D eigenvalue weighted by Gasteiger charge is 2.27. The number of aromatic amines is 1. The molecule has 3 aromatic rings. The average molecular weight is 415 g/mol. The van der Waals surface area contributed by atoms with Crippen molar-refractivity contribution in [3.05, 3.63) is 52.0 Å². The molecule has 1 aromatic carbocycles. The van der Waals surface area contributed by atoms with Crippen LogP contribution in [0.1, 0.15) is 38.1 Å². The van der Waals surface area contributed by atoms with E-state index in [0.29, 0.717) is 0 Å². The predicted octanol–water partition coefficient (Wildman–Crippen LogP) is 2.63. The van der Waals surface area contributed by atoms with Gasteiger partial charge in [0.1, 0.15) is 22.0 Å². The van der Waals surface area contributed by atoms with Gasteiger partial charge in [-0.2, -0.15) is 0 Å². The van der Waals surface area contributed by atoms with Crippen LogP contribution < -0.4 is 11.1 Å². The van der Waals surface area contributed by atoms with E-state index in [1.165, 1.54) is 7.05 Å². The third kappa shape index (κ3) is 4.24. The zero-order valence-electron chi connectivity index (χ0n) is 16.0. The number of amides is 1. The molecule has 4 N–H and O–H groups in total. The molecule has 0 aliphatic carbocycles. The van der Waals surface area contributed by atoms with Crippen LogP contribution >= 0.6 is 11.3 Å². The van der Waals surface area contributed by atoms with Gasteiger partial charge < -0.3 is 25.5 Å². The molecule has 2 aromatic heterocycles. The van der Waals surface area contributed by atoms with Gasteiger partial charge >= 0.3 is 11.9 Å². The van der Waals surface area contributed by atoms with Gasteiger partial charge in [0.15, 0.2) is 0 Å². The van der Waals surface area contributed by atoms with Crippen molar-refractivity contribution in [3.8, 4) is 0 Å². The summed E-state index contributed by atoms with van der Waals surface area (Å²) in [5, 5.41) is 3.57. The molecule has 0 fully saturated rings. The number of benzene rings is 1. The Morgan fingerprint density at radius 1 is 1.21 bits per heavy atom. The van der Waals surface area contributed by atoms with Crippen molar-refractivity contribution in [3.63, 3.8) is 0 Å². The molecule has 2 heterocycles. The molecule has 8 nitrogen and oxygen atoms in total. The van der Waals surface area contributed by atoms with Crippen molar-refractivity contribution >= 4 is 45.1 Å². The lowest BCUT2D eigenvalue weighted by Gasteiger charge is -2.09. The number of nitrogens with one attached hydrogen (secondary N) is 2. The quantitative estimate of drug-likeness (QED) is 0.510. The molecule has 0 spiro atoms. The van der Waals surface area contributed by atoms with E-state index in [9.17, 15) is 14.4 Å². The molecule has 9 heteroatoms. The first-order chi connectivity index (χ1) is 14.0. The number of hydrogen-bond acceptors (Lipinski definition) is 7. The number of nitrogens with two attached hydrogens (primary N) is 1. The molecule has 152 valence electrons. The summed E-state index contributed by atoms with van der Waals surface area (Å²) in [7, 11) is 1.47. The third-order valence-electron chi connectivity index (χ3n) is 4.33. The van der Waals surface area contributed by atoms with E-state index in [1.54, 1.807) is 13.1 Å². The minimum absolute atomic E-state index is 0.0493. The molecule has 0 radical (unpaired) electrons. The number of fused-ring (bicyclic) bond motifs is 1. The Balaban J connectivity index is 1.80. The molecule has 29 heavy (non-hydrogen) atoms. The van der Waals surface area contributed by atoms with Crippen molar-refractivity contribution in [1.29, 1.82) is 0 Å². The van der Waals surface area contributed by atoms with E-state index in [1.807, 2.05) is 24.3 Å². The molecule has 0 bridgehead atoms. The fourth-order valence-corrected chi connectivity index (χ4v) is 3.99. The van der Waals surface area contributed by atoms with Crippen molar-refractivity contribution in [2.45, 2.75) is 20.0 Å². The van der Waals surface area contributed by atoms with Gasteiger partial charge in [0, 0.05) is 29.7 Å². The van der Waals surface area contributed by atoms with E-state index in [4.69, 9.17) is 15.2 Å². The highest BCUT2D eigenvalue weighted by Crippen LogP contribution is 2.32. The SMILES string of the molecule is CCOC(=O)c1c(N)sc(C(=O)NC)c1COC(=O)Cc1c[nH]c2ccccc12. The molecule has 0 atom stereocenters. The van der Waals surface area contributed by atoms with Gasteiger partial charge in [0.05, 0.1) is 13.0 Å². The smallest absolute Gasteiger partial charge is 0.341 e. The third-order valence-corrected chi connectivity index (χ3v) is 5.39. The summed E-state index contributed by atoms with van der Waals surface area (Å²) in [6.07, 6.45) is 1.81. The number of anilines is 1. The molecule has 3 rings (SSSR count). The van der Waals surface area contributed by atoms with Crippen LogP contribution in [0, 0.1) is 0 Å². The summed E-state index contributed by atoms with van der Waals surface area (Å²) in [4.78, 5) is 40.2. The Hall–Kier alpha value is -3.33. The number of rotatable bonds is 7. The first-order valence-electron chi connectivity index (χ1n) is 8.97. The summed E-state index contributed by atoms with van der Waals surface area (Å²) in [5.74, 6) is -1.56. The van der Waals surface area contributed by atoms with Gasteiger partial charge in [0.2, 0.25) is 0 Å². The van der Waals surface area contributed by atoms with Gasteiger partial charge in [-0.25, -0.2) is 4.79 Å². The van der Waals surface area contributed by atoms with Crippen LogP contribution in [0.5, 0.6) is 0 Å². The normalized spacial score (nSPS) is 10.7. The van der Waals surface area contributed by atoms with Crippen LogP contribution in [-0.4, -0.2) is 36.5 Å². The van der Waals surface area contributed by atoms with Gasteiger partial charge in [-0.05, 0) is 18.6 Å². The zero-order chi connectivity index (χ0) is 21.0. The molecule has 0 saturated carbocycles. The number of esters is 2. The minimum Gasteiger partial charge on any atom is -0.462 e. The second-order valence-corrected chi connectivity index (χ2v) is 7.20. The molecule has 0 aliphatic heterocycles. The average Bonchev–Trinajstić information content (AvgIpc) is 3.27. The Morgan fingerprint density at radius 2 is 1.97 bits per heavy atom. The van der Waals surface area contributed by atoms with Gasteiger partial charge in [-0.3, -0.25) is 9.59 Å². The van der Waals surface area contributed by atoms with Crippen molar-refractivity contribution in [2.75, 3.05) is 19.4 Å². The number of hydrogen-bond donors (Lipinski definition) is 3. The summed E-state index contributed by atoms with van der Waals surface area (Å²) in [6.45, 7) is 1.57. The second-order valence-electron chi connectivity index (χ2n) is 6.15. The first kappa shape index (κ1) is 20.4. The van der Waals surface area contributed by atoms with Crippen LogP contribution in [0.3, 0.4) is 0 Å². The molecule has 0 unspecified atom stereocenters. The van der Waals surface area contributed by atoms with E-state index >= 15 is 0 Å². The van der Waals surface area contributed by atoms with E-state index in [-0.39, 0.29) is 40.6 Å². The van der Waals surface area contributed by atoms with Crippen LogP contribution in [0.2, 0.25) is 0 Å². The lowest BCUT2D eigenvalue weighted by atomic mass is 10.1. The standard InChI is InChI=1S/C20H21N3O5S/c1-3-27-20(26)16-13(17(19(25)22-2)29-18(16)21)10-28-15(24)8-11-9-23-14-7-5-4-6-12(11)14/h4-7,9,23H,3,8,10,21H2,1-2H3,(H,22,25). The number of carbonyl (C=O) groups excluding carboxylic acids is 3. The zero-order valence-corrected chi connectivity index (χ0v) is 16.9. The molecule has 0 saturated heterocycles. The van der Waals surface area contributed by atoms with Crippen LogP contribution in [-0.2, 0) is 27.3 Å². The van der Waals surface area contributed by atoms with Crippen molar-refractivity contribution in [2.24, 2.45) is 0 Å². The number of aromatic nitrogens is 1. The van der Waals surface area contributed by atoms with E-state index in [2.05, 4.69) is 10.3 Å². The Kier molecular flexibility index (Phi) is 6.18. The fraction of sp³-hybridized carbons (Fsp3) is 0.250. The number of nitrogen functional groups attached to an aromatic ring is 1. The maximum Gasteiger partial charge on any atom is 0.341 e. The topological polar surface area (TPSA) is 124 Å². The summed E-state index contributed by atoms with van der Waals surface area (Å²) < 4.78 is 10.4. The van der Waals surface area contributed by atoms with E-state index in [0.717, 1.165) is 27.8 Å². The van der Waals surface area contributed by atoms with Gasteiger partial charge in [0.25, 0.3) is 5.91 Å². The summed E-state index contributed by atoms with van der Waals surface area (Å²) in [5.41, 5.74) is 7.97. The largest absolute Gasteiger partial charge is 0.462 e. The predicted molar refractivity (Wildman–Crippen MR) is 110 cm³/mol. The Morgan fingerprint density at radius 3 is 2.69 bits per heavy atom. The number of para-hydroxylation sites is 1. The van der Waals surface area contributed by atoms with Crippen LogP contribution in [0.4, 0.5) is 5.00 Å². The fourth-order valence-electron chi connectivity index (χ4n) is 2.98. The Bertz CT molecular complexity index is 1070. The highest BCUT2D eigenvalue weighted by atomic mass is 32.1. The minimum atomic E-state index is -0.654. The molecule has 1 amide bonds. The molecule has 0 aliphatic rings. The summed E-state index contributed by atoms with van der Waals surface area (Å²) in [6, 6.07) is 7.62. The van der Waals surface area contributed by atoms with Gasteiger partial charge in [-0.1, -0.05) is 18.2 Å². The molecular weight excluding hydrogens is 394 g/mol. The summed E-state index contributed by atoms with van der Waals surface area (Å²) >= 11 is 0.955. The van der Waals surface area contributed by atoms with Crippen molar-refractivity contribution < 1.29 is 23.9 Å². The number of H-pyrrole nitrogens is 1. The molecular formula is C20H21N3O5S. The number of carbonyl (C=O) groups is 3. The highest BCUT2D eigenvalue weighted by molar-refractivity contribution is 7.18. The van der Waals surface area contributed by atoms with E-state index < -0.39 is 17.8 Å². The monoisotopic (exact) mass is 415 g/mol. The lowest BCUT2D eigenvalue weighted by Crippen LogP contribution is -2.20. The first-order valence-corrected chi connectivity index (χ1v) is 9.78.